The van der Waals surface area contributed by atoms with Crippen molar-refractivity contribution >= 4 is 0 Å². The molecule has 0 aliphatic rings. The van der Waals surface area contributed by atoms with Gasteiger partial charge in [0.25, 0.3) is 0 Å². The van der Waals surface area contributed by atoms with Gasteiger partial charge in [-0.15, -0.1) is 0 Å². The van der Waals surface area contributed by atoms with Gasteiger partial charge in [-0.25, -0.2) is 4.39 Å². The Labute approximate surface area is 86.1 Å². The van der Waals surface area contributed by atoms with Gasteiger partial charge in [-0.2, -0.15) is 13.2 Å². The molecule has 0 fully saturated rings. The number of alkyl halides is 3. The van der Waals surface area contributed by atoms with E-state index in [9.17, 15) is 17.6 Å². The maximum Gasteiger partial charge on any atom is 0.418 e. The lowest BCUT2D eigenvalue weighted by atomic mass is 10.1. The van der Waals surface area contributed by atoms with Crippen molar-refractivity contribution in [3.05, 3.63) is 29.3 Å². The average Bonchev–Trinajstić information content (AvgIpc) is 2.19. The van der Waals surface area contributed by atoms with Crippen LogP contribution in [0.2, 0.25) is 0 Å². The highest BCUT2D eigenvalue weighted by Gasteiger charge is 2.33. The molecule has 0 unspecified atom stereocenters. The summed E-state index contributed by atoms with van der Waals surface area (Å²) in [5.74, 6) is -0.968. The van der Waals surface area contributed by atoms with E-state index in [2.05, 4.69) is 4.98 Å². The first-order valence-electron chi connectivity index (χ1n) is 4.66. The molecule has 1 aromatic rings. The molecule has 0 radical (unpaired) electrons. The highest BCUT2D eigenvalue weighted by atomic mass is 19.4. The number of aromatic nitrogens is 1. The summed E-state index contributed by atoms with van der Waals surface area (Å²) in [6.07, 6.45) is -3.61. The zero-order chi connectivity index (χ0) is 12.1. The molecule has 1 aromatic heterocycles. The molecule has 0 amide bonds. The molecule has 0 saturated heterocycles. The predicted molar refractivity (Wildman–Crippen MR) is 49.9 cm³/mol. The molecule has 5 heteroatoms. The van der Waals surface area contributed by atoms with Gasteiger partial charge in [-0.05, 0) is 12.5 Å². The molecule has 0 bridgehead atoms. The first-order valence-corrected chi connectivity index (χ1v) is 4.66. The molecule has 15 heavy (non-hydrogen) atoms. The molecule has 0 spiro atoms. The Morgan fingerprint density at radius 2 is 1.80 bits per heavy atom. The first kappa shape index (κ1) is 13.9. The number of rotatable bonds is 1. The van der Waals surface area contributed by atoms with E-state index in [-0.39, 0.29) is 12.1 Å². The maximum atomic E-state index is 12.5. The molecule has 86 valence electrons. The second-order valence-corrected chi connectivity index (χ2v) is 2.50. The lowest BCUT2D eigenvalue weighted by molar-refractivity contribution is -0.138. The van der Waals surface area contributed by atoms with Crippen molar-refractivity contribution < 1.29 is 17.6 Å². The van der Waals surface area contributed by atoms with E-state index in [4.69, 9.17) is 0 Å². The minimum absolute atomic E-state index is 0.131. The highest BCUT2D eigenvalue weighted by Crippen LogP contribution is 2.31. The monoisotopic (exact) mass is 223 g/mol. The van der Waals surface area contributed by atoms with Crippen LogP contribution in [0.3, 0.4) is 0 Å². The van der Waals surface area contributed by atoms with Gasteiger partial charge in [-0.1, -0.05) is 20.8 Å². The number of aryl methyl sites for hydroxylation is 1. The molecular weight excluding hydrogens is 210 g/mol. The Morgan fingerprint density at radius 3 is 2.20 bits per heavy atom. The largest absolute Gasteiger partial charge is 0.418 e. The topological polar surface area (TPSA) is 12.9 Å². The van der Waals surface area contributed by atoms with E-state index in [1.807, 2.05) is 13.8 Å². The smallest absolute Gasteiger partial charge is 0.258 e. The summed E-state index contributed by atoms with van der Waals surface area (Å²) in [7, 11) is 0. The Bertz CT molecular complexity index is 307. The zero-order valence-electron chi connectivity index (χ0n) is 8.82. The minimum atomic E-state index is -4.53. The average molecular weight is 223 g/mol. The van der Waals surface area contributed by atoms with Gasteiger partial charge < -0.3 is 0 Å². The predicted octanol–water partition coefficient (Wildman–Crippen LogP) is 3.83. The molecule has 1 rings (SSSR count). The molecular formula is C10H13F4N. The van der Waals surface area contributed by atoms with Crippen molar-refractivity contribution in [3.8, 4) is 0 Å². The molecule has 0 aliphatic carbocycles. The number of halogens is 4. The number of hydrogen-bond acceptors (Lipinski definition) is 1. The van der Waals surface area contributed by atoms with Crippen LogP contribution in [0.4, 0.5) is 17.6 Å². The third kappa shape index (κ3) is 3.85. The summed E-state index contributed by atoms with van der Waals surface area (Å²) in [4.78, 5) is 3.37. The van der Waals surface area contributed by atoms with Crippen molar-refractivity contribution in [2.45, 2.75) is 33.4 Å². The fourth-order valence-electron chi connectivity index (χ4n) is 0.995. The minimum Gasteiger partial charge on any atom is -0.258 e. The van der Waals surface area contributed by atoms with E-state index >= 15 is 0 Å². The van der Waals surface area contributed by atoms with Crippen LogP contribution in [0.25, 0.3) is 0 Å². The van der Waals surface area contributed by atoms with Crippen LogP contribution in [-0.2, 0) is 12.6 Å². The van der Waals surface area contributed by atoms with Crippen LogP contribution in [-0.4, -0.2) is 4.98 Å². The van der Waals surface area contributed by atoms with Crippen molar-refractivity contribution in [1.29, 1.82) is 0 Å². The second kappa shape index (κ2) is 5.68. The van der Waals surface area contributed by atoms with E-state index < -0.39 is 17.6 Å². The lowest BCUT2D eigenvalue weighted by Gasteiger charge is -2.09. The van der Waals surface area contributed by atoms with Gasteiger partial charge >= 0.3 is 6.18 Å². The van der Waals surface area contributed by atoms with Gasteiger partial charge in [0.15, 0.2) is 0 Å². The summed E-state index contributed by atoms with van der Waals surface area (Å²) in [6, 6.07) is 0.464. The van der Waals surface area contributed by atoms with Crippen LogP contribution in [0, 0.1) is 5.82 Å². The summed E-state index contributed by atoms with van der Waals surface area (Å²) < 4.78 is 49.1. The van der Waals surface area contributed by atoms with Gasteiger partial charge in [-0.3, -0.25) is 4.98 Å². The Kier molecular flexibility index (Phi) is 5.25. The quantitative estimate of drug-likeness (QED) is 0.659. The van der Waals surface area contributed by atoms with Gasteiger partial charge in [0.2, 0.25) is 0 Å². The Balaban J connectivity index is 0.000000921. The maximum absolute atomic E-state index is 12.5. The fraction of sp³-hybridized carbons (Fsp3) is 0.500. The summed E-state index contributed by atoms with van der Waals surface area (Å²) >= 11 is 0. The fourth-order valence-corrected chi connectivity index (χ4v) is 0.995. The molecule has 0 N–H and O–H groups in total. The number of pyridine rings is 1. The number of hydrogen-bond donors (Lipinski definition) is 0. The Hall–Kier alpha value is -1.13. The van der Waals surface area contributed by atoms with E-state index in [0.717, 1.165) is 6.20 Å². The Morgan fingerprint density at radius 1 is 1.27 bits per heavy atom. The normalized spacial score (nSPS) is 10.6. The molecule has 1 nitrogen and oxygen atoms in total. The molecule has 0 atom stereocenters. The molecule has 0 aliphatic heterocycles. The van der Waals surface area contributed by atoms with E-state index in [0.29, 0.717) is 6.07 Å². The third-order valence-electron chi connectivity index (χ3n) is 1.58. The van der Waals surface area contributed by atoms with E-state index in [1.165, 1.54) is 6.92 Å². The van der Waals surface area contributed by atoms with Gasteiger partial charge in [0.1, 0.15) is 5.82 Å². The third-order valence-corrected chi connectivity index (χ3v) is 1.58. The summed E-state index contributed by atoms with van der Waals surface area (Å²) in [5.41, 5.74) is -1.12. The summed E-state index contributed by atoms with van der Waals surface area (Å²) in [6.45, 7) is 5.54. The lowest BCUT2D eigenvalue weighted by Crippen LogP contribution is -2.10. The SMILES string of the molecule is CC.CCc1ncc(F)cc1C(F)(F)F. The highest BCUT2D eigenvalue weighted by molar-refractivity contribution is 5.23. The van der Waals surface area contributed by atoms with Crippen LogP contribution < -0.4 is 0 Å². The van der Waals surface area contributed by atoms with Gasteiger partial charge in [0.05, 0.1) is 17.5 Å². The van der Waals surface area contributed by atoms with Crippen LogP contribution in [0.5, 0.6) is 0 Å². The molecule has 0 saturated carbocycles. The first-order chi connectivity index (χ1) is 6.95. The van der Waals surface area contributed by atoms with Crippen LogP contribution >= 0.6 is 0 Å². The van der Waals surface area contributed by atoms with E-state index in [1.54, 1.807) is 0 Å². The standard InChI is InChI=1S/C8H7F4N.C2H6/c1-2-7-6(8(10,11)12)3-5(9)4-13-7;1-2/h3-4H,2H2,1H3;1-2H3. The van der Waals surface area contributed by atoms with Crippen molar-refractivity contribution in [1.82, 2.24) is 4.98 Å². The molecule has 0 aromatic carbocycles. The van der Waals surface area contributed by atoms with Crippen molar-refractivity contribution in [2.24, 2.45) is 0 Å². The van der Waals surface area contributed by atoms with Crippen molar-refractivity contribution in [3.63, 3.8) is 0 Å². The molecule has 1 heterocycles. The van der Waals surface area contributed by atoms with Crippen LogP contribution in [0.15, 0.2) is 12.3 Å². The van der Waals surface area contributed by atoms with Crippen molar-refractivity contribution in [2.75, 3.05) is 0 Å². The second-order valence-electron chi connectivity index (χ2n) is 2.50. The van der Waals surface area contributed by atoms with Crippen LogP contribution in [0.1, 0.15) is 32.0 Å². The zero-order valence-corrected chi connectivity index (χ0v) is 8.82. The van der Waals surface area contributed by atoms with Gasteiger partial charge in [0, 0.05) is 0 Å². The number of nitrogens with zero attached hydrogens (tertiary/aromatic N) is 1. The summed E-state index contributed by atoms with van der Waals surface area (Å²) in [5, 5.41) is 0.